The van der Waals surface area contributed by atoms with E-state index in [1.165, 1.54) is 17.6 Å². The molecule has 86 valence electrons. The molecule has 0 radical (unpaired) electrons. The van der Waals surface area contributed by atoms with Crippen LogP contribution in [-0.4, -0.2) is 0 Å². The third-order valence-electron chi connectivity index (χ3n) is 3.50. The summed E-state index contributed by atoms with van der Waals surface area (Å²) in [5.41, 5.74) is 3.73. The molecule has 0 fully saturated rings. The molecular weight excluding hydrogens is 199 g/mol. The minimum absolute atomic E-state index is 0.111. The highest BCUT2D eigenvalue weighted by molar-refractivity contribution is 5.67. The van der Waals surface area contributed by atoms with Gasteiger partial charge in [-0.1, -0.05) is 26.0 Å². The normalized spacial score (nSPS) is 19.4. The van der Waals surface area contributed by atoms with E-state index in [1.54, 1.807) is 6.07 Å². The molecule has 0 saturated carbocycles. The van der Waals surface area contributed by atoms with Crippen LogP contribution in [0.25, 0.3) is 5.57 Å². The summed E-state index contributed by atoms with van der Waals surface area (Å²) in [6.45, 7) is 6.43. The first kappa shape index (κ1) is 11.4. The standard InChI is InChI=1S/C15H19F/c1-11-10-13(4-5-14(11)16)12-6-8-15(2,3)9-7-12/h4-6,10H,7-9H2,1-3H3. The summed E-state index contributed by atoms with van der Waals surface area (Å²) in [5, 5.41) is 0. The minimum atomic E-state index is -0.111. The number of hydrogen-bond acceptors (Lipinski definition) is 0. The van der Waals surface area contributed by atoms with Crippen LogP contribution >= 0.6 is 0 Å². The first-order valence-corrected chi connectivity index (χ1v) is 5.93. The monoisotopic (exact) mass is 218 g/mol. The van der Waals surface area contributed by atoms with Crippen molar-refractivity contribution in [3.8, 4) is 0 Å². The summed E-state index contributed by atoms with van der Waals surface area (Å²) in [6.07, 6.45) is 5.77. The lowest BCUT2D eigenvalue weighted by Crippen LogP contribution is -2.14. The lowest BCUT2D eigenvalue weighted by Gasteiger charge is -2.28. The average molecular weight is 218 g/mol. The van der Waals surface area contributed by atoms with E-state index < -0.39 is 0 Å². The Balaban J connectivity index is 2.26. The largest absolute Gasteiger partial charge is 0.207 e. The van der Waals surface area contributed by atoms with E-state index in [0.29, 0.717) is 5.41 Å². The molecule has 0 aliphatic heterocycles. The SMILES string of the molecule is Cc1cc(C2=CCC(C)(C)CC2)ccc1F. The minimum Gasteiger partial charge on any atom is -0.207 e. The van der Waals surface area contributed by atoms with Crippen LogP contribution < -0.4 is 0 Å². The van der Waals surface area contributed by atoms with Crippen LogP contribution in [0.3, 0.4) is 0 Å². The van der Waals surface area contributed by atoms with Gasteiger partial charge in [-0.25, -0.2) is 4.39 Å². The molecule has 2 rings (SSSR count). The van der Waals surface area contributed by atoms with E-state index in [9.17, 15) is 4.39 Å². The van der Waals surface area contributed by atoms with Crippen LogP contribution in [-0.2, 0) is 0 Å². The second kappa shape index (κ2) is 4.04. The third kappa shape index (κ3) is 2.34. The van der Waals surface area contributed by atoms with Crippen molar-refractivity contribution in [1.29, 1.82) is 0 Å². The predicted octanol–water partition coefficient (Wildman–Crippen LogP) is 4.73. The van der Waals surface area contributed by atoms with Crippen LogP contribution in [0.4, 0.5) is 4.39 Å². The number of rotatable bonds is 1. The molecule has 0 amide bonds. The van der Waals surface area contributed by atoms with Crippen molar-refractivity contribution in [2.75, 3.05) is 0 Å². The number of halogens is 1. The highest BCUT2D eigenvalue weighted by Crippen LogP contribution is 2.38. The summed E-state index contributed by atoms with van der Waals surface area (Å²) in [7, 11) is 0. The maximum atomic E-state index is 13.2. The van der Waals surface area contributed by atoms with Gasteiger partial charge in [0.2, 0.25) is 0 Å². The Morgan fingerprint density at radius 2 is 2.00 bits per heavy atom. The predicted molar refractivity (Wildman–Crippen MR) is 66.7 cm³/mol. The second-order valence-corrected chi connectivity index (χ2v) is 5.56. The molecule has 16 heavy (non-hydrogen) atoms. The van der Waals surface area contributed by atoms with Crippen molar-refractivity contribution in [3.05, 3.63) is 41.2 Å². The third-order valence-corrected chi connectivity index (χ3v) is 3.50. The molecular formula is C15H19F. The van der Waals surface area contributed by atoms with Gasteiger partial charge in [-0.2, -0.15) is 0 Å². The van der Waals surface area contributed by atoms with E-state index in [1.807, 2.05) is 19.1 Å². The van der Waals surface area contributed by atoms with Crippen molar-refractivity contribution in [2.45, 2.75) is 40.0 Å². The number of benzene rings is 1. The fraction of sp³-hybridized carbons (Fsp3) is 0.467. The fourth-order valence-corrected chi connectivity index (χ4v) is 2.18. The lowest BCUT2D eigenvalue weighted by atomic mass is 9.77. The Morgan fingerprint density at radius 3 is 2.56 bits per heavy atom. The van der Waals surface area contributed by atoms with Gasteiger partial charge in [-0.15, -0.1) is 0 Å². The number of hydrogen-bond donors (Lipinski definition) is 0. The van der Waals surface area contributed by atoms with E-state index >= 15 is 0 Å². The zero-order chi connectivity index (χ0) is 11.8. The summed E-state index contributed by atoms with van der Waals surface area (Å²) in [5.74, 6) is -0.111. The molecule has 1 aromatic rings. The Kier molecular flexibility index (Phi) is 2.88. The molecule has 1 heteroatoms. The van der Waals surface area contributed by atoms with Crippen LogP contribution in [0.1, 0.15) is 44.2 Å². The van der Waals surface area contributed by atoms with Crippen LogP contribution in [0.5, 0.6) is 0 Å². The molecule has 1 aliphatic carbocycles. The molecule has 0 aromatic heterocycles. The summed E-state index contributed by atoms with van der Waals surface area (Å²) >= 11 is 0. The van der Waals surface area contributed by atoms with E-state index in [2.05, 4.69) is 19.9 Å². The van der Waals surface area contributed by atoms with Crippen molar-refractivity contribution in [2.24, 2.45) is 5.41 Å². The molecule has 0 unspecified atom stereocenters. The highest BCUT2D eigenvalue weighted by atomic mass is 19.1. The molecule has 0 nitrogen and oxygen atoms in total. The first-order chi connectivity index (χ1) is 7.48. The maximum Gasteiger partial charge on any atom is 0.126 e. The smallest absolute Gasteiger partial charge is 0.126 e. The molecule has 0 saturated heterocycles. The topological polar surface area (TPSA) is 0 Å². The zero-order valence-electron chi connectivity index (χ0n) is 10.3. The molecule has 0 N–H and O–H groups in total. The van der Waals surface area contributed by atoms with Gasteiger partial charge in [0.25, 0.3) is 0 Å². The van der Waals surface area contributed by atoms with Gasteiger partial charge in [-0.3, -0.25) is 0 Å². The van der Waals surface area contributed by atoms with Crippen LogP contribution in [0.15, 0.2) is 24.3 Å². The Hall–Kier alpha value is -1.11. The van der Waals surface area contributed by atoms with E-state index in [-0.39, 0.29) is 5.82 Å². The van der Waals surface area contributed by atoms with Gasteiger partial charge in [-0.05, 0) is 60.4 Å². The molecule has 0 spiro atoms. The highest BCUT2D eigenvalue weighted by Gasteiger charge is 2.21. The summed E-state index contributed by atoms with van der Waals surface area (Å²) in [6, 6.07) is 5.43. The van der Waals surface area contributed by atoms with Crippen LogP contribution in [0.2, 0.25) is 0 Å². The molecule has 1 aromatic carbocycles. The second-order valence-electron chi connectivity index (χ2n) is 5.56. The van der Waals surface area contributed by atoms with Gasteiger partial charge >= 0.3 is 0 Å². The van der Waals surface area contributed by atoms with Gasteiger partial charge in [0.1, 0.15) is 5.82 Å². The molecule has 0 heterocycles. The van der Waals surface area contributed by atoms with Crippen molar-refractivity contribution in [1.82, 2.24) is 0 Å². The lowest BCUT2D eigenvalue weighted by molar-refractivity contribution is 0.335. The molecule has 0 atom stereocenters. The average Bonchev–Trinajstić information content (AvgIpc) is 2.22. The Labute approximate surface area is 97.2 Å². The maximum absolute atomic E-state index is 13.2. The fourth-order valence-electron chi connectivity index (χ4n) is 2.18. The molecule has 1 aliphatic rings. The van der Waals surface area contributed by atoms with E-state index in [0.717, 1.165) is 18.4 Å². The van der Waals surface area contributed by atoms with Crippen LogP contribution in [0, 0.1) is 18.2 Å². The van der Waals surface area contributed by atoms with Gasteiger partial charge in [0.05, 0.1) is 0 Å². The van der Waals surface area contributed by atoms with Gasteiger partial charge < -0.3 is 0 Å². The first-order valence-electron chi connectivity index (χ1n) is 5.93. The Bertz CT molecular complexity index is 427. The summed E-state index contributed by atoms with van der Waals surface area (Å²) < 4.78 is 13.2. The number of allylic oxidation sites excluding steroid dienone is 2. The van der Waals surface area contributed by atoms with E-state index in [4.69, 9.17) is 0 Å². The zero-order valence-corrected chi connectivity index (χ0v) is 10.3. The Morgan fingerprint density at radius 1 is 1.25 bits per heavy atom. The van der Waals surface area contributed by atoms with Gasteiger partial charge in [0, 0.05) is 0 Å². The summed E-state index contributed by atoms with van der Waals surface area (Å²) in [4.78, 5) is 0. The van der Waals surface area contributed by atoms with Crippen molar-refractivity contribution < 1.29 is 4.39 Å². The number of aryl methyl sites for hydroxylation is 1. The van der Waals surface area contributed by atoms with Crippen molar-refractivity contribution in [3.63, 3.8) is 0 Å². The van der Waals surface area contributed by atoms with Gasteiger partial charge in [0.15, 0.2) is 0 Å². The molecule has 0 bridgehead atoms. The quantitative estimate of drug-likeness (QED) is 0.639. The van der Waals surface area contributed by atoms with Crippen molar-refractivity contribution >= 4 is 5.57 Å².